The molecule has 0 aliphatic carbocycles. The van der Waals surface area contributed by atoms with Crippen LogP contribution >= 0.6 is 104 Å². The van der Waals surface area contributed by atoms with Gasteiger partial charge in [-0.15, -0.1) is 0 Å². The third kappa shape index (κ3) is 34.2. The standard InChI is InChI=1S/C10H8ClF2NO2.C10H9ClF2O2.C10H9ClO3.C9H9ClF2O2.C9H7ClF2O2.C9H7ClO4.C9H11ClO2.C9H9ClO2.C8H7ClO2/c1-14-9(15)10(12,13)6-3-4-7(11)8(5-6)16-2;1-6(14)10(12,13)7-3-4-8(11)9(5-7)15-2;1-6(12)10(13)7-3-4-8(11)9(5-7)14-2;2*1-14-8-4-6(2-3-7(8)10)9(11,12)5-13;1-14-7-4-5(2-3-6(7)10)8(11)9(12)13;2*1-6(11)7-3-4-8(10)9(5-7)12-2;1-11-8-4-6(5-10)2-3-7(8)9/h3-5,9,15H,2H3;3-5H,1-2H3;3-5H,1-2H3;2-4,13H,5H2,1H3;2-5H,1H3;2-4H,1H3,(H,12,13);3-6,11H,1-2H3;3-5H,1-2H3;2-5H,1H3. The van der Waals surface area contributed by atoms with Gasteiger partial charge in [-0.2, -0.15) is 35.1 Å². The van der Waals surface area contributed by atoms with Crippen molar-refractivity contribution in [2.45, 2.75) is 63.7 Å². The molecule has 0 aromatic heterocycles. The SMILES string of the molecule is COc1cc(C(=O)C(=O)O)ccc1Cl.COc1cc(C(=O)C(C)=O)ccc1Cl.COc1cc(C(C)=O)ccc1Cl.COc1cc(C(C)O)ccc1Cl.COc1cc(C(F)(F)C(C)=O)ccc1Cl.COc1cc(C(F)(F)C=O)ccc1Cl.COc1cc(C(F)(F)CO)ccc1Cl.COc1cc(C=O)ccc1Cl.[C-]#[N+]C(O)C(F)(F)c1ccc(Cl)c(OC)c1. The van der Waals surface area contributed by atoms with Crippen molar-refractivity contribution in [2.24, 2.45) is 0 Å². The second-order valence-electron chi connectivity index (χ2n) is 23.5. The number of aliphatic hydroxyl groups is 3. The lowest BCUT2D eigenvalue weighted by molar-refractivity contribution is -0.142. The third-order valence-electron chi connectivity index (χ3n) is 15.3. The van der Waals surface area contributed by atoms with E-state index in [1.807, 2.05) is 0 Å². The maximum absolute atomic E-state index is 13.4. The lowest BCUT2D eigenvalue weighted by Gasteiger charge is -2.15. The summed E-state index contributed by atoms with van der Waals surface area (Å²) in [5, 5.41) is 38.2. The molecule has 122 heavy (non-hydrogen) atoms. The molecule has 0 bridgehead atoms. The van der Waals surface area contributed by atoms with Crippen molar-refractivity contribution in [1.29, 1.82) is 0 Å². The number of methoxy groups -OCH3 is 9. The maximum atomic E-state index is 13.4. The Morgan fingerprint density at radius 2 is 0.705 bits per heavy atom. The zero-order valence-corrected chi connectivity index (χ0v) is 73.0. The van der Waals surface area contributed by atoms with E-state index in [0.717, 1.165) is 67.3 Å². The zero-order valence-electron chi connectivity index (χ0n) is 66.2. The fraction of sp³-hybridized carbons (Fsp3) is 0.241. The fourth-order valence-electron chi connectivity index (χ4n) is 8.56. The van der Waals surface area contributed by atoms with Gasteiger partial charge in [-0.3, -0.25) is 38.4 Å². The van der Waals surface area contributed by atoms with Crippen LogP contribution in [0.25, 0.3) is 4.85 Å². The van der Waals surface area contributed by atoms with Gasteiger partial charge >= 0.3 is 30.0 Å². The molecule has 0 amide bonds. The molecule has 0 spiro atoms. The van der Waals surface area contributed by atoms with Crippen LogP contribution in [0.3, 0.4) is 0 Å². The van der Waals surface area contributed by atoms with Gasteiger partial charge in [0.2, 0.25) is 11.6 Å². The van der Waals surface area contributed by atoms with Crippen LogP contribution in [0.15, 0.2) is 164 Å². The molecule has 0 aliphatic heterocycles. The van der Waals surface area contributed by atoms with Gasteiger partial charge in [-0.05, 0) is 153 Å². The number of ether oxygens (including phenoxy) is 9. The number of aldehydes is 2. The lowest BCUT2D eigenvalue weighted by Crippen LogP contribution is -2.27. The second-order valence-corrected chi connectivity index (χ2v) is 27.1. The summed E-state index contributed by atoms with van der Waals surface area (Å²) in [6, 6.07) is 37.2. The Balaban J connectivity index is 0.000000687. The highest BCUT2D eigenvalue weighted by Gasteiger charge is 2.46. The highest BCUT2D eigenvalue weighted by atomic mass is 35.5. The molecular weight excluding hydrogens is 1820 g/mol. The molecule has 9 rings (SSSR count). The molecule has 0 fully saturated rings. The Morgan fingerprint density at radius 3 is 1.04 bits per heavy atom. The van der Waals surface area contributed by atoms with E-state index in [1.54, 1.807) is 68.6 Å². The number of alkyl halides is 8. The summed E-state index contributed by atoms with van der Waals surface area (Å²) in [6.45, 7) is 10.4. The molecular formula is C83H76Cl9F8NO21. The van der Waals surface area contributed by atoms with E-state index in [1.165, 1.54) is 131 Å². The van der Waals surface area contributed by atoms with Crippen molar-refractivity contribution in [3.8, 4) is 51.7 Å². The predicted octanol–water partition coefficient (Wildman–Crippen LogP) is 21.6. The lowest BCUT2D eigenvalue weighted by atomic mass is 10.1. The van der Waals surface area contributed by atoms with Gasteiger partial charge in [0.15, 0.2) is 17.9 Å². The van der Waals surface area contributed by atoms with Crippen molar-refractivity contribution in [3.63, 3.8) is 0 Å². The van der Waals surface area contributed by atoms with E-state index < -0.39 is 94.7 Å². The Bertz CT molecular complexity index is 5030. The normalized spacial score (nSPS) is 10.9. The van der Waals surface area contributed by atoms with Gasteiger partial charge in [0.05, 0.1) is 115 Å². The maximum Gasteiger partial charge on any atom is 0.393 e. The van der Waals surface area contributed by atoms with E-state index in [-0.39, 0.29) is 65.7 Å². The predicted molar refractivity (Wildman–Crippen MR) is 447 cm³/mol. The molecule has 39 heteroatoms. The van der Waals surface area contributed by atoms with Crippen LogP contribution in [-0.4, -0.2) is 145 Å². The number of rotatable bonds is 24. The molecule has 0 heterocycles. The average molecular weight is 1890 g/mol. The molecule has 0 saturated heterocycles. The van der Waals surface area contributed by atoms with Crippen LogP contribution in [0, 0.1) is 6.57 Å². The molecule has 658 valence electrons. The topological polar surface area (TPSA) is 305 Å². The van der Waals surface area contributed by atoms with E-state index in [0.29, 0.717) is 64.8 Å². The minimum absolute atomic E-state index is 0.00460. The van der Waals surface area contributed by atoms with Gasteiger partial charge in [-0.1, -0.05) is 135 Å². The van der Waals surface area contributed by atoms with Crippen molar-refractivity contribution < 1.29 is 137 Å². The van der Waals surface area contributed by atoms with Crippen LogP contribution in [0.1, 0.15) is 103 Å². The Hall–Kier alpha value is -10.2. The summed E-state index contributed by atoms with van der Waals surface area (Å²) < 4.78 is 149. The molecule has 2 unspecified atom stereocenters. The van der Waals surface area contributed by atoms with Gasteiger partial charge in [0, 0.05) is 58.4 Å². The van der Waals surface area contributed by atoms with Gasteiger partial charge in [0.1, 0.15) is 64.6 Å². The van der Waals surface area contributed by atoms with Crippen molar-refractivity contribution in [2.75, 3.05) is 70.6 Å². The molecule has 4 N–H and O–H groups in total. The van der Waals surface area contributed by atoms with Crippen LogP contribution in [-0.2, 0) is 42.9 Å². The minimum Gasteiger partial charge on any atom is -0.495 e. The zero-order chi connectivity index (χ0) is 93.5. The Labute approximate surface area is 740 Å². The number of halogens is 17. The Kier molecular flexibility index (Phi) is 47.6. The molecule has 0 aliphatic rings. The van der Waals surface area contributed by atoms with Gasteiger partial charge in [0.25, 0.3) is 11.7 Å². The molecule has 9 aromatic carbocycles. The van der Waals surface area contributed by atoms with E-state index in [9.17, 15) is 78.6 Å². The van der Waals surface area contributed by atoms with Crippen molar-refractivity contribution >= 4 is 152 Å². The quantitative estimate of drug-likeness (QED) is 0.0144. The first kappa shape index (κ1) is 110. The van der Waals surface area contributed by atoms with E-state index in [4.69, 9.17) is 169 Å². The van der Waals surface area contributed by atoms with Crippen LogP contribution in [0.5, 0.6) is 51.7 Å². The molecule has 0 saturated carbocycles. The molecule has 2 atom stereocenters. The summed E-state index contributed by atoms with van der Waals surface area (Å²) in [7, 11) is 12.7. The monoisotopic (exact) mass is 1890 g/mol. The van der Waals surface area contributed by atoms with E-state index >= 15 is 0 Å². The van der Waals surface area contributed by atoms with Gasteiger partial charge in [-0.25, -0.2) is 11.4 Å². The summed E-state index contributed by atoms with van der Waals surface area (Å²) in [5.74, 6) is -15.9. The van der Waals surface area contributed by atoms with Gasteiger partial charge < -0.3 is 63.1 Å². The summed E-state index contributed by atoms with van der Waals surface area (Å²) >= 11 is 51.4. The number of carboxylic acid groups (broad SMARTS) is 1. The number of ketones is 5. The molecule has 0 radical (unpaired) electrons. The second kappa shape index (κ2) is 52.9. The van der Waals surface area contributed by atoms with Crippen LogP contribution in [0.2, 0.25) is 45.2 Å². The number of hydrogen-bond donors (Lipinski definition) is 4. The Morgan fingerprint density at radius 1 is 0.410 bits per heavy atom. The first-order valence-electron chi connectivity index (χ1n) is 33.7. The average Bonchev–Trinajstić information content (AvgIpc) is 0.818. The fourth-order valence-corrected chi connectivity index (χ4v) is 10.3. The number of aliphatic hydroxyl groups excluding tert-OH is 3. The number of aliphatic carboxylic acids is 1. The number of carbonyl (C=O) groups is 8. The third-order valence-corrected chi connectivity index (χ3v) is 18.1. The first-order chi connectivity index (χ1) is 57.0. The number of carbonyl (C=O) groups excluding carboxylic acids is 7. The summed E-state index contributed by atoms with van der Waals surface area (Å²) in [4.78, 5) is 87.9. The minimum atomic E-state index is -3.65. The highest BCUT2D eigenvalue weighted by molar-refractivity contribution is 6.43. The van der Waals surface area contributed by atoms with Crippen LogP contribution in [0.4, 0.5) is 35.1 Å². The number of nitrogens with zero attached hydrogens (tertiary/aromatic N) is 1. The highest BCUT2D eigenvalue weighted by Crippen LogP contribution is 2.40. The number of benzene rings is 9. The number of carboxylic acids is 1. The van der Waals surface area contributed by atoms with Crippen LogP contribution < -0.4 is 42.6 Å². The number of hydrogen-bond acceptors (Lipinski definition) is 20. The first-order valence-corrected chi connectivity index (χ1v) is 37.1. The largest absolute Gasteiger partial charge is 0.495 e. The van der Waals surface area contributed by atoms with E-state index in [2.05, 4.69) is 4.85 Å². The van der Waals surface area contributed by atoms with Crippen molar-refractivity contribution in [3.05, 3.63) is 270 Å². The molecule has 22 nitrogen and oxygen atoms in total. The van der Waals surface area contributed by atoms with Crippen molar-refractivity contribution in [1.82, 2.24) is 0 Å². The molecule has 9 aromatic rings. The summed E-state index contributed by atoms with van der Waals surface area (Å²) in [5.41, 5.74) is 0.611. The smallest absolute Gasteiger partial charge is 0.393 e. The summed E-state index contributed by atoms with van der Waals surface area (Å²) in [6.07, 6.45) is -2.58. The number of Topliss-reactive ketones (excluding diaryl/α,β-unsaturated/α-hetero) is 5.